The highest BCUT2D eigenvalue weighted by atomic mass is 16.5. The number of ether oxygens (including phenoxy) is 1. The number of nitriles is 1. The lowest BCUT2D eigenvalue weighted by Crippen LogP contribution is -1.96. The maximum absolute atomic E-state index is 8.38. The Hall–Kier alpha value is -2.35. The summed E-state index contributed by atoms with van der Waals surface area (Å²) in [4.78, 5) is 0. The van der Waals surface area contributed by atoms with Gasteiger partial charge in [-0.3, -0.25) is 0 Å². The maximum Gasteiger partial charge on any atom is 0.247 e. The minimum atomic E-state index is 0.487. The molecule has 0 atom stereocenters. The fourth-order valence-electron chi connectivity index (χ4n) is 1.33. The van der Waals surface area contributed by atoms with Crippen LogP contribution < -0.4 is 4.74 Å². The number of benzene rings is 1. The minimum Gasteiger partial charge on any atom is -0.494 e. The number of hydrogen-bond donors (Lipinski definition) is 0. The Morgan fingerprint density at radius 2 is 2.12 bits per heavy atom. The first kappa shape index (κ1) is 11.1. The molecule has 0 spiro atoms. The predicted molar refractivity (Wildman–Crippen MR) is 60.1 cm³/mol. The largest absolute Gasteiger partial charge is 0.494 e. The Morgan fingerprint density at radius 3 is 2.76 bits per heavy atom. The van der Waals surface area contributed by atoms with Gasteiger partial charge in [0.05, 0.1) is 12.7 Å². The van der Waals surface area contributed by atoms with Crippen LogP contribution >= 0.6 is 0 Å². The van der Waals surface area contributed by atoms with E-state index in [-0.39, 0.29) is 0 Å². The highest BCUT2D eigenvalue weighted by molar-refractivity contribution is 5.53. The number of rotatable bonds is 5. The second-order valence-corrected chi connectivity index (χ2v) is 3.38. The fraction of sp³-hybridized carbons (Fsp3) is 0.250. The van der Waals surface area contributed by atoms with Crippen molar-refractivity contribution in [3.63, 3.8) is 0 Å². The van der Waals surface area contributed by atoms with Crippen molar-refractivity contribution in [2.24, 2.45) is 0 Å². The Bertz CT molecular complexity index is 485. The van der Waals surface area contributed by atoms with Crippen molar-refractivity contribution >= 4 is 0 Å². The predicted octanol–water partition coefficient (Wildman–Crippen LogP) is 2.42. The summed E-state index contributed by atoms with van der Waals surface area (Å²) in [7, 11) is 0. The molecule has 0 amide bonds. The zero-order valence-electron chi connectivity index (χ0n) is 9.17. The first-order valence-electron chi connectivity index (χ1n) is 5.26. The summed E-state index contributed by atoms with van der Waals surface area (Å²) >= 11 is 0. The molecule has 2 aromatic rings. The summed E-state index contributed by atoms with van der Waals surface area (Å²) < 4.78 is 10.5. The highest BCUT2D eigenvalue weighted by Gasteiger charge is 2.02. The number of unbranched alkanes of at least 4 members (excludes halogenated alkanes) is 1. The van der Waals surface area contributed by atoms with Gasteiger partial charge in [-0.2, -0.15) is 5.26 Å². The summed E-state index contributed by atoms with van der Waals surface area (Å²) in [5.74, 6) is 1.26. The van der Waals surface area contributed by atoms with Crippen molar-refractivity contribution in [2.45, 2.75) is 12.8 Å². The average Bonchev–Trinajstić information content (AvgIpc) is 2.89. The molecule has 0 radical (unpaired) electrons. The molecule has 0 N–H and O–H groups in total. The molecule has 0 aliphatic rings. The standard InChI is InChI=1S/C12H11N3O2/c13-7-1-2-8-16-11-5-3-10(4-6-11)12-15-14-9-17-12/h3-6,9H,1-2,8H2. The Kier molecular flexibility index (Phi) is 3.71. The maximum atomic E-state index is 8.38. The van der Waals surface area contributed by atoms with Crippen molar-refractivity contribution in [1.29, 1.82) is 5.26 Å². The molecule has 0 unspecified atom stereocenters. The van der Waals surface area contributed by atoms with Gasteiger partial charge >= 0.3 is 0 Å². The summed E-state index contributed by atoms with van der Waals surface area (Å²) in [6.45, 7) is 0.549. The van der Waals surface area contributed by atoms with Gasteiger partial charge in [0.1, 0.15) is 5.75 Å². The van der Waals surface area contributed by atoms with Crippen LogP contribution in [0.4, 0.5) is 0 Å². The van der Waals surface area contributed by atoms with E-state index >= 15 is 0 Å². The molecule has 0 saturated heterocycles. The van der Waals surface area contributed by atoms with Gasteiger partial charge in [0.2, 0.25) is 12.3 Å². The smallest absolute Gasteiger partial charge is 0.247 e. The molecule has 0 fully saturated rings. The lowest BCUT2D eigenvalue weighted by Gasteiger charge is -2.04. The Morgan fingerprint density at radius 1 is 1.29 bits per heavy atom. The van der Waals surface area contributed by atoms with E-state index in [9.17, 15) is 0 Å². The van der Waals surface area contributed by atoms with Gasteiger partial charge < -0.3 is 9.15 Å². The SMILES string of the molecule is N#CCCCOc1ccc(-c2nnco2)cc1. The van der Waals surface area contributed by atoms with Crippen molar-refractivity contribution in [3.8, 4) is 23.3 Å². The van der Waals surface area contributed by atoms with Crippen molar-refractivity contribution in [1.82, 2.24) is 10.2 Å². The molecule has 0 aliphatic heterocycles. The van der Waals surface area contributed by atoms with E-state index in [1.54, 1.807) is 0 Å². The van der Waals surface area contributed by atoms with Crippen LogP contribution in [0, 0.1) is 11.3 Å². The number of aromatic nitrogens is 2. The van der Waals surface area contributed by atoms with Crippen LogP contribution in [0.1, 0.15) is 12.8 Å². The zero-order chi connectivity index (χ0) is 11.9. The normalized spacial score (nSPS) is 9.82. The van der Waals surface area contributed by atoms with Crippen molar-refractivity contribution < 1.29 is 9.15 Å². The molecular formula is C12H11N3O2. The van der Waals surface area contributed by atoms with Crippen molar-refractivity contribution in [3.05, 3.63) is 30.7 Å². The quantitative estimate of drug-likeness (QED) is 0.736. The van der Waals surface area contributed by atoms with E-state index in [4.69, 9.17) is 14.4 Å². The van der Waals surface area contributed by atoms with Crippen LogP contribution in [-0.4, -0.2) is 16.8 Å². The molecule has 5 nitrogen and oxygen atoms in total. The molecule has 1 aromatic carbocycles. The molecule has 86 valence electrons. The number of nitrogens with zero attached hydrogens (tertiary/aromatic N) is 3. The van der Waals surface area contributed by atoms with E-state index < -0.39 is 0 Å². The van der Waals surface area contributed by atoms with Crippen LogP contribution in [0.3, 0.4) is 0 Å². The highest BCUT2D eigenvalue weighted by Crippen LogP contribution is 2.20. The van der Waals surface area contributed by atoms with Gasteiger partial charge in [-0.15, -0.1) is 10.2 Å². The molecule has 1 aromatic heterocycles. The molecule has 0 saturated carbocycles. The van der Waals surface area contributed by atoms with E-state index in [2.05, 4.69) is 16.3 Å². The van der Waals surface area contributed by atoms with Crippen LogP contribution in [0.15, 0.2) is 35.1 Å². The van der Waals surface area contributed by atoms with Gasteiger partial charge in [-0.25, -0.2) is 0 Å². The second kappa shape index (κ2) is 5.66. The van der Waals surface area contributed by atoms with Crippen LogP contribution in [0.5, 0.6) is 5.75 Å². The third-order valence-electron chi connectivity index (χ3n) is 2.16. The summed E-state index contributed by atoms with van der Waals surface area (Å²) in [5.41, 5.74) is 0.854. The lowest BCUT2D eigenvalue weighted by atomic mass is 10.2. The third kappa shape index (κ3) is 3.05. The van der Waals surface area contributed by atoms with Crippen LogP contribution in [0.25, 0.3) is 11.5 Å². The molecule has 0 aliphatic carbocycles. The van der Waals surface area contributed by atoms with Crippen LogP contribution in [0.2, 0.25) is 0 Å². The second-order valence-electron chi connectivity index (χ2n) is 3.38. The average molecular weight is 229 g/mol. The topological polar surface area (TPSA) is 71.9 Å². The van der Waals surface area contributed by atoms with E-state index in [1.807, 2.05) is 24.3 Å². The summed E-state index contributed by atoms with van der Waals surface area (Å²) in [6.07, 6.45) is 2.55. The third-order valence-corrected chi connectivity index (χ3v) is 2.16. The zero-order valence-corrected chi connectivity index (χ0v) is 9.17. The van der Waals surface area contributed by atoms with E-state index in [1.165, 1.54) is 6.39 Å². The van der Waals surface area contributed by atoms with Crippen LogP contribution in [-0.2, 0) is 0 Å². The Labute approximate surface area is 98.7 Å². The van der Waals surface area contributed by atoms with Gasteiger partial charge in [0.25, 0.3) is 0 Å². The summed E-state index contributed by atoms with van der Waals surface area (Å²) in [6, 6.07) is 9.46. The lowest BCUT2D eigenvalue weighted by molar-refractivity contribution is 0.312. The van der Waals surface area contributed by atoms with Crippen molar-refractivity contribution in [2.75, 3.05) is 6.61 Å². The molecule has 1 heterocycles. The minimum absolute atomic E-state index is 0.487. The fourth-order valence-corrected chi connectivity index (χ4v) is 1.33. The van der Waals surface area contributed by atoms with Gasteiger partial charge in [-0.05, 0) is 30.7 Å². The first-order valence-corrected chi connectivity index (χ1v) is 5.26. The monoisotopic (exact) mass is 229 g/mol. The molecule has 2 rings (SSSR count). The molecule has 5 heteroatoms. The van der Waals surface area contributed by atoms with Gasteiger partial charge in [0.15, 0.2) is 0 Å². The van der Waals surface area contributed by atoms with Gasteiger partial charge in [-0.1, -0.05) is 0 Å². The molecule has 0 bridgehead atoms. The van der Waals surface area contributed by atoms with Gasteiger partial charge in [0, 0.05) is 12.0 Å². The van der Waals surface area contributed by atoms with E-state index in [0.717, 1.165) is 17.7 Å². The summed E-state index contributed by atoms with van der Waals surface area (Å²) in [5, 5.41) is 15.8. The number of hydrogen-bond acceptors (Lipinski definition) is 5. The molecular weight excluding hydrogens is 218 g/mol. The molecule has 17 heavy (non-hydrogen) atoms. The Balaban J connectivity index is 1.92. The first-order chi connectivity index (χ1) is 8.40. The van der Waals surface area contributed by atoms with E-state index in [0.29, 0.717) is 18.9 Å².